The molecule has 0 heterocycles. The highest BCUT2D eigenvalue weighted by Crippen LogP contribution is 2.27. The average Bonchev–Trinajstić information content (AvgIpc) is 2.40. The van der Waals surface area contributed by atoms with E-state index in [9.17, 15) is 12.8 Å². The van der Waals surface area contributed by atoms with E-state index in [-0.39, 0.29) is 10.6 Å². The first-order chi connectivity index (χ1) is 10.3. The second kappa shape index (κ2) is 6.36. The number of benzene rings is 2. The first-order valence-corrected chi connectivity index (χ1v) is 8.18. The van der Waals surface area contributed by atoms with Gasteiger partial charge in [-0.15, -0.1) is 0 Å². The highest BCUT2D eigenvalue weighted by atomic mass is 32.2. The van der Waals surface area contributed by atoms with Crippen LogP contribution in [0.5, 0.6) is 11.5 Å². The highest BCUT2D eigenvalue weighted by Gasteiger charge is 2.20. The van der Waals surface area contributed by atoms with Crippen molar-refractivity contribution in [2.75, 3.05) is 6.61 Å². The second-order valence-corrected chi connectivity index (χ2v) is 6.38. The molecule has 22 heavy (non-hydrogen) atoms. The second-order valence-electron chi connectivity index (χ2n) is 4.86. The van der Waals surface area contributed by atoms with Crippen LogP contribution in [0, 0.1) is 19.7 Å². The molecule has 0 aromatic heterocycles. The molecule has 4 nitrogen and oxygen atoms in total. The van der Waals surface area contributed by atoms with Gasteiger partial charge in [0.05, 0.1) is 6.61 Å². The third-order valence-electron chi connectivity index (χ3n) is 2.96. The van der Waals surface area contributed by atoms with Crippen LogP contribution in [-0.2, 0) is 10.1 Å². The number of halogens is 1. The standard InChI is InChI=1S/C16H17FO4S/c1-4-20-14-7-11(2)8-15(10-14)21-22(18,19)16-9-13(17)6-5-12(16)3/h5-10H,4H2,1-3H3. The fraction of sp³-hybridized carbons (Fsp3) is 0.250. The molecule has 0 aliphatic heterocycles. The van der Waals surface area contributed by atoms with Crippen LogP contribution in [0.15, 0.2) is 41.3 Å². The maximum absolute atomic E-state index is 13.3. The number of hydrogen-bond donors (Lipinski definition) is 0. The predicted molar refractivity (Wildman–Crippen MR) is 81.3 cm³/mol. The van der Waals surface area contributed by atoms with Crippen LogP contribution in [0.2, 0.25) is 0 Å². The monoisotopic (exact) mass is 324 g/mol. The van der Waals surface area contributed by atoms with Crippen LogP contribution >= 0.6 is 0 Å². The van der Waals surface area contributed by atoms with E-state index >= 15 is 0 Å². The first-order valence-electron chi connectivity index (χ1n) is 6.77. The van der Waals surface area contributed by atoms with Gasteiger partial charge in [0.2, 0.25) is 0 Å². The zero-order valence-corrected chi connectivity index (χ0v) is 13.4. The Bertz CT molecular complexity index is 785. The van der Waals surface area contributed by atoms with Crippen molar-refractivity contribution in [2.45, 2.75) is 25.7 Å². The van der Waals surface area contributed by atoms with E-state index < -0.39 is 15.9 Å². The van der Waals surface area contributed by atoms with E-state index in [4.69, 9.17) is 8.92 Å². The average molecular weight is 324 g/mol. The Labute approximate surface area is 129 Å². The van der Waals surface area contributed by atoms with E-state index in [1.54, 1.807) is 26.0 Å². The number of aryl methyl sites for hydroxylation is 2. The van der Waals surface area contributed by atoms with Gasteiger partial charge in [-0.05, 0) is 56.2 Å². The third-order valence-corrected chi connectivity index (χ3v) is 4.35. The lowest BCUT2D eigenvalue weighted by atomic mass is 10.2. The van der Waals surface area contributed by atoms with Crippen molar-refractivity contribution < 1.29 is 21.7 Å². The zero-order valence-electron chi connectivity index (χ0n) is 12.6. The topological polar surface area (TPSA) is 52.6 Å². The molecule has 2 aromatic rings. The van der Waals surface area contributed by atoms with Crippen molar-refractivity contribution >= 4 is 10.1 Å². The van der Waals surface area contributed by atoms with Crippen molar-refractivity contribution in [3.05, 3.63) is 53.3 Å². The molecule has 118 valence electrons. The molecule has 0 amide bonds. The quantitative estimate of drug-likeness (QED) is 0.789. The number of rotatable bonds is 5. The van der Waals surface area contributed by atoms with E-state index in [0.29, 0.717) is 17.9 Å². The smallest absolute Gasteiger partial charge is 0.339 e. The fourth-order valence-corrected chi connectivity index (χ4v) is 3.19. The molecule has 0 aliphatic rings. The van der Waals surface area contributed by atoms with Crippen LogP contribution in [0.25, 0.3) is 0 Å². The molecule has 0 fully saturated rings. The van der Waals surface area contributed by atoms with Gasteiger partial charge in [-0.25, -0.2) is 4.39 Å². The molecule has 2 rings (SSSR count). The van der Waals surface area contributed by atoms with Crippen LogP contribution in [0.4, 0.5) is 4.39 Å². The predicted octanol–water partition coefficient (Wildman–Crippen LogP) is 3.61. The van der Waals surface area contributed by atoms with E-state index in [0.717, 1.165) is 11.6 Å². The summed E-state index contributed by atoms with van der Waals surface area (Å²) in [6.45, 7) is 5.67. The summed E-state index contributed by atoms with van der Waals surface area (Å²) in [5.41, 5.74) is 1.21. The van der Waals surface area contributed by atoms with Crippen molar-refractivity contribution in [3.63, 3.8) is 0 Å². The Balaban J connectivity index is 2.38. The van der Waals surface area contributed by atoms with Crippen molar-refractivity contribution in [3.8, 4) is 11.5 Å². The SMILES string of the molecule is CCOc1cc(C)cc(OS(=O)(=O)c2cc(F)ccc2C)c1. The summed E-state index contributed by atoms with van der Waals surface area (Å²) >= 11 is 0. The molecule has 0 spiro atoms. The van der Waals surface area contributed by atoms with Gasteiger partial charge in [0.25, 0.3) is 0 Å². The summed E-state index contributed by atoms with van der Waals surface area (Å²) in [5.74, 6) is 0.0165. The molecule has 0 N–H and O–H groups in total. The van der Waals surface area contributed by atoms with Crippen LogP contribution in [0.3, 0.4) is 0 Å². The van der Waals surface area contributed by atoms with Gasteiger partial charge in [0.1, 0.15) is 22.2 Å². The normalized spacial score (nSPS) is 11.3. The Morgan fingerprint density at radius 2 is 1.73 bits per heavy atom. The van der Waals surface area contributed by atoms with Gasteiger partial charge in [-0.3, -0.25) is 0 Å². The van der Waals surface area contributed by atoms with Crippen molar-refractivity contribution in [1.29, 1.82) is 0 Å². The lowest BCUT2D eigenvalue weighted by Gasteiger charge is -2.11. The summed E-state index contributed by atoms with van der Waals surface area (Å²) in [5, 5.41) is 0. The van der Waals surface area contributed by atoms with E-state index in [1.165, 1.54) is 18.2 Å². The minimum Gasteiger partial charge on any atom is -0.494 e. The highest BCUT2D eigenvalue weighted by molar-refractivity contribution is 7.87. The van der Waals surface area contributed by atoms with Gasteiger partial charge < -0.3 is 8.92 Å². The first kappa shape index (κ1) is 16.3. The molecule has 0 aliphatic carbocycles. The van der Waals surface area contributed by atoms with Gasteiger partial charge in [-0.1, -0.05) is 6.07 Å². The third kappa shape index (κ3) is 3.76. The zero-order chi connectivity index (χ0) is 16.3. The van der Waals surface area contributed by atoms with Gasteiger partial charge >= 0.3 is 10.1 Å². The van der Waals surface area contributed by atoms with Crippen molar-refractivity contribution in [1.82, 2.24) is 0 Å². The van der Waals surface area contributed by atoms with Crippen LogP contribution < -0.4 is 8.92 Å². The molecule has 6 heteroatoms. The van der Waals surface area contributed by atoms with Gasteiger partial charge in [-0.2, -0.15) is 8.42 Å². The maximum atomic E-state index is 13.3. The maximum Gasteiger partial charge on any atom is 0.339 e. The van der Waals surface area contributed by atoms with E-state index in [1.807, 2.05) is 6.92 Å². The molecule has 2 aromatic carbocycles. The fourth-order valence-electron chi connectivity index (χ4n) is 2.03. The van der Waals surface area contributed by atoms with Crippen LogP contribution in [0.1, 0.15) is 18.1 Å². The molecule has 0 radical (unpaired) electrons. The molecular formula is C16H17FO4S. The molecule has 0 atom stereocenters. The molecule has 0 unspecified atom stereocenters. The molecule has 0 saturated carbocycles. The Hall–Kier alpha value is -2.08. The van der Waals surface area contributed by atoms with E-state index in [2.05, 4.69) is 0 Å². The lowest BCUT2D eigenvalue weighted by molar-refractivity contribution is 0.338. The molecule has 0 bridgehead atoms. The summed E-state index contributed by atoms with van der Waals surface area (Å²) in [6.07, 6.45) is 0. The minimum atomic E-state index is -4.11. The van der Waals surface area contributed by atoms with Crippen LogP contribution in [-0.4, -0.2) is 15.0 Å². The summed E-state index contributed by atoms with van der Waals surface area (Å²) in [6, 6.07) is 8.39. The Kier molecular flexibility index (Phi) is 4.71. The van der Waals surface area contributed by atoms with Crippen molar-refractivity contribution in [2.24, 2.45) is 0 Å². The number of hydrogen-bond acceptors (Lipinski definition) is 4. The summed E-state index contributed by atoms with van der Waals surface area (Å²) in [7, 11) is -4.11. The minimum absolute atomic E-state index is 0.132. The largest absolute Gasteiger partial charge is 0.494 e. The lowest BCUT2D eigenvalue weighted by Crippen LogP contribution is -2.12. The Morgan fingerprint density at radius 3 is 2.41 bits per heavy atom. The summed E-state index contributed by atoms with van der Waals surface area (Å²) in [4.78, 5) is -0.188. The Morgan fingerprint density at radius 1 is 1.05 bits per heavy atom. The van der Waals surface area contributed by atoms with Gasteiger partial charge in [0, 0.05) is 6.07 Å². The number of ether oxygens (including phenoxy) is 1. The molecule has 0 saturated heterocycles. The summed E-state index contributed by atoms with van der Waals surface area (Å²) < 4.78 is 48.4. The molecular weight excluding hydrogens is 307 g/mol. The van der Waals surface area contributed by atoms with Gasteiger partial charge in [0.15, 0.2) is 0 Å².